The van der Waals surface area contributed by atoms with E-state index in [1.807, 2.05) is 0 Å². The first-order valence-electron chi connectivity index (χ1n) is 6.99. The summed E-state index contributed by atoms with van der Waals surface area (Å²) in [7, 11) is 1.35. The number of carbonyl (C=O) groups is 2. The summed E-state index contributed by atoms with van der Waals surface area (Å²) in [4.78, 5) is 25.5. The number of aryl methyl sites for hydroxylation is 1. The molecule has 1 aromatic heterocycles. The van der Waals surface area contributed by atoms with Crippen LogP contribution in [0, 0.1) is 5.92 Å². The Bertz CT molecular complexity index is 584. The van der Waals surface area contributed by atoms with Gasteiger partial charge in [0.25, 0.3) is 0 Å². The van der Waals surface area contributed by atoms with Crippen molar-refractivity contribution < 1.29 is 19.1 Å². The second-order valence-corrected chi connectivity index (χ2v) is 6.46. The van der Waals surface area contributed by atoms with Crippen molar-refractivity contribution in [2.75, 3.05) is 25.6 Å². The highest BCUT2D eigenvalue weighted by Crippen LogP contribution is 2.39. The Balaban J connectivity index is 1.85. The van der Waals surface area contributed by atoms with Gasteiger partial charge < -0.3 is 20.5 Å². The number of rotatable bonds is 3. The monoisotopic (exact) mass is 310 g/mol. The minimum atomic E-state index is -0.392. The SMILES string of the molecule is COC(=O)c1c(NC(=O)C2COCC2N)sc2c1CCC2. The standard InChI is InChI=1S/C14H18N2O4S/c1-19-14(18)11-7-3-2-4-10(7)21-13(11)16-12(17)8-5-20-6-9(8)15/h8-9H,2-6,15H2,1H3,(H,16,17). The number of anilines is 1. The Morgan fingerprint density at radius 2 is 2.19 bits per heavy atom. The van der Waals surface area contributed by atoms with Crippen LogP contribution in [0.15, 0.2) is 0 Å². The molecule has 1 aromatic rings. The summed E-state index contributed by atoms with van der Waals surface area (Å²) in [5.41, 5.74) is 7.39. The highest BCUT2D eigenvalue weighted by Gasteiger charge is 2.34. The Morgan fingerprint density at radius 1 is 1.38 bits per heavy atom. The van der Waals surface area contributed by atoms with Gasteiger partial charge in [-0.1, -0.05) is 0 Å². The predicted molar refractivity (Wildman–Crippen MR) is 78.6 cm³/mol. The van der Waals surface area contributed by atoms with Gasteiger partial charge in [-0.05, 0) is 24.8 Å². The Kier molecular flexibility index (Phi) is 3.97. The molecule has 0 saturated carbocycles. The summed E-state index contributed by atoms with van der Waals surface area (Å²) in [6.07, 6.45) is 2.85. The molecule has 7 heteroatoms. The summed E-state index contributed by atoms with van der Waals surface area (Å²) >= 11 is 1.47. The topological polar surface area (TPSA) is 90.6 Å². The highest BCUT2D eigenvalue weighted by molar-refractivity contribution is 7.17. The Labute approximate surface area is 126 Å². The van der Waals surface area contributed by atoms with Crippen LogP contribution in [0.5, 0.6) is 0 Å². The fraction of sp³-hybridized carbons (Fsp3) is 0.571. The lowest BCUT2D eigenvalue weighted by atomic mass is 10.0. The molecule has 2 atom stereocenters. The first-order valence-corrected chi connectivity index (χ1v) is 7.80. The number of nitrogens with one attached hydrogen (secondary N) is 1. The van der Waals surface area contributed by atoms with Gasteiger partial charge in [-0.2, -0.15) is 0 Å². The zero-order valence-electron chi connectivity index (χ0n) is 11.8. The van der Waals surface area contributed by atoms with E-state index < -0.39 is 5.97 Å². The third-order valence-electron chi connectivity index (χ3n) is 4.01. The molecule has 1 aliphatic heterocycles. The predicted octanol–water partition coefficient (Wildman–Crippen LogP) is 0.936. The Morgan fingerprint density at radius 3 is 2.86 bits per heavy atom. The van der Waals surface area contributed by atoms with Crippen molar-refractivity contribution in [3.8, 4) is 0 Å². The maximum Gasteiger partial charge on any atom is 0.341 e. The van der Waals surface area contributed by atoms with Gasteiger partial charge in [-0.15, -0.1) is 11.3 Å². The Hall–Kier alpha value is -1.44. The van der Waals surface area contributed by atoms with Gasteiger partial charge in [0.05, 0.1) is 31.8 Å². The minimum Gasteiger partial charge on any atom is -0.465 e. The molecule has 1 fully saturated rings. The lowest BCUT2D eigenvalue weighted by molar-refractivity contribution is -0.120. The molecule has 6 nitrogen and oxygen atoms in total. The molecular formula is C14H18N2O4S. The van der Waals surface area contributed by atoms with Crippen molar-refractivity contribution in [1.29, 1.82) is 0 Å². The van der Waals surface area contributed by atoms with Crippen LogP contribution in [0.25, 0.3) is 0 Å². The highest BCUT2D eigenvalue weighted by atomic mass is 32.1. The molecule has 21 heavy (non-hydrogen) atoms. The van der Waals surface area contributed by atoms with Crippen molar-refractivity contribution in [2.45, 2.75) is 25.3 Å². The zero-order chi connectivity index (χ0) is 15.0. The first-order chi connectivity index (χ1) is 10.1. The number of amides is 1. The van der Waals surface area contributed by atoms with E-state index in [-0.39, 0.29) is 17.9 Å². The number of hydrogen-bond acceptors (Lipinski definition) is 6. The van der Waals surface area contributed by atoms with E-state index in [0.29, 0.717) is 23.8 Å². The van der Waals surface area contributed by atoms with Crippen molar-refractivity contribution in [3.63, 3.8) is 0 Å². The van der Waals surface area contributed by atoms with Crippen molar-refractivity contribution in [2.24, 2.45) is 11.7 Å². The van der Waals surface area contributed by atoms with E-state index in [0.717, 1.165) is 29.7 Å². The van der Waals surface area contributed by atoms with Gasteiger partial charge in [-0.3, -0.25) is 4.79 Å². The molecule has 0 bridgehead atoms. The van der Waals surface area contributed by atoms with Gasteiger partial charge in [0.15, 0.2) is 0 Å². The largest absolute Gasteiger partial charge is 0.465 e. The van der Waals surface area contributed by atoms with E-state index in [1.165, 1.54) is 18.4 Å². The summed E-state index contributed by atoms with van der Waals surface area (Å²) in [5, 5.41) is 3.43. The van der Waals surface area contributed by atoms with E-state index >= 15 is 0 Å². The van der Waals surface area contributed by atoms with E-state index in [2.05, 4.69) is 5.32 Å². The van der Waals surface area contributed by atoms with Crippen molar-refractivity contribution >= 4 is 28.2 Å². The average molecular weight is 310 g/mol. The number of thiophene rings is 1. The first kappa shape index (κ1) is 14.5. The molecule has 3 rings (SSSR count). The lowest BCUT2D eigenvalue weighted by Gasteiger charge is -2.13. The minimum absolute atomic E-state index is 0.190. The molecule has 2 unspecified atom stereocenters. The van der Waals surface area contributed by atoms with Gasteiger partial charge in [0.1, 0.15) is 5.00 Å². The third kappa shape index (κ3) is 2.56. The summed E-state index contributed by atoms with van der Waals surface area (Å²) in [5.74, 6) is -0.950. The smallest absolute Gasteiger partial charge is 0.341 e. The van der Waals surface area contributed by atoms with Gasteiger partial charge in [-0.25, -0.2) is 4.79 Å². The van der Waals surface area contributed by atoms with Crippen LogP contribution in [0.2, 0.25) is 0 Å². The van der Waals surface area contributed by atoms with Crippen LogP contribution in [-0.4, -0.2) is 38.2 Å². The maximum atomic E-state index is 12.3. The average Bonchev–Trinajstić information content (AvgIpc) is 3.13. The molecule has 1 saturated heterocycles. The van der Waals surface area contributed by atoms with E-state index in [9.17, 15) is 9.59 Å². The number of ether oxygens (including phenoxy) is 2. The molecule has 0 spiro atoms. The summed E-state index contributed by atoms with van der Waals surface area (Å²) in [6, 6.07) is -0.293. The number of methoxy groups -OCH3 is 1. The molecule has 1 amide bonds. The number of esters is 1. The van der Waals surface area contributed by atoms with Gasteiger partial charge in [0.2, 0.25) is 5.91 Å². The number of fused-ring (bicyclic) bond motifs is 1. The zero-order valence-corrected chi connectivity index (χ0v) is 12.6. The lowest BCUT2D eigenvalue weighted by Crippen LogP contribution is -2.37. The van der Waals surface area contributed by atoms with Crippen LogP contribution >= 0.6 is 11.3 Å². The van der Waals surface area contributed by atoms with Crippen molar-refractivity contribution in [1.82, 2.24) is 0 Å². The molecular weight excluding hydrogens is 292 g/mol. The van der Waals surface area contributed by atoms with Crippen LogP contribution in [0.3, 0.4) is 0 Å². The van der Waals surface area contributed by atoms with Crippen LogP contribution in [-0.2, 0) is 27.1 Å². The summed E-state index contributed by atoms with van der Waals surface area (Å²) < 4.78 is 10.1. The maximum absolute atomic E-state index is 12.3. The fourth-order valence-corrected chi connectivity index (χ4v) is 4.14. The molecule has 2 aliphatic rings. The second kappa shape index (κ2) is 5.75. The summed E-state index contributed by atoms with van der Waals surface area (Å²) in [6.45, 7) is 0.717. The number of carbonyl (C=O) groups excluding carboxylic acids is 2. The molecule has 2 heterocycles. The normalized spacial score (nSPS) is 23.9. The molecule has 0 radical (unpaired) electrons. The molecule has 0 aromatic carbocycles. The molecule has 1 aliphatic carbocycles. The molecule has 114 valence electrons. The molecule has 3 N–H and O–H groups in total. The van der Waals surface area contributed by atoms with Gasteiger partial charge >= 0.3 is 5.97 Å². The number of hydrogen-bond donors (Lipinski definition) is 2. The van der Waals surface area contributed by atoms with Crippen molar-refractivity contribution in [3.05, 3.63) is 16.0 Å². The third-order valence-corrected chi connectivity index (χ3v) is 5.22. The van der Waals surface area contributed by atoms with Crippen LogP contribution in [0.1, 0.15) is 27.2 Å². The van der Waals surface area contributed by atoms with Crippen LogP contribution in [0.4, 0.5) is 5.00 Å². The number of nitrogens with two attached hydrogens (primary N) is 1. The quantitative estimate of drug-likeness (QED) is 0.811. The van der Waals surface area contributed by atoms with E-state index in [1.54, 1.807) is 0 Å². The second-order valence-electron chi connectivity index (χ2n) is 5.35. The fourth-order valence-electron chi connectivity index (χ4n) is 2.86. The van der Waals surface area contributed by atoms with Gasteiger partial charge in [0, 0.05) is 10.9 Å². The van der Waals surface area contributed by atoms with Crippen LogP contribution < -0.4 is 11.1 Å². The van der Waals surface area contributed by atoms with E-state index in [4.69, 9.17) is 15.2 Å².